The van der Waals surface area contributed by atoms with Gasteiger partial charge in [-0.3, -0.25) is 4.79 Å². The number of benzene rings is 2. The van der Waals surface area contributed by atoms with Gasteiger partial charge >= 0.3 is 0 Å². The average molecular weight is 412 g/mol. The van der Waals surface area contributed by atoms with Gasteiger partial charge in [-0.15, -0.1) is 0 Å². The quantitative estimate of drug-likeness (QED) is 0.660. The number of rotatable bonds is 3. The second kappa shape index (κ2) is 7.83. The third-order valence-corrected chi connectivity index (χ3v) is 7.40. The summed E-state index contributed by atoms with van der Waals surface area (Å²) < 4.78 is 41.6. The molecule has 1 fully saturated rings. The highest BCUT2D eigenvalue weighted by atomic mass is 32.2. The van der Waals surface area contributed by atoms with Crippen LogP contribution < -0.4 is 0 Å². The predicted molar refractivity (Wildman–Crippen MR) is 109 cm³/mol. The standard InChI is InChI=1S/C22H21FN2O3S/c23-20-6-2-1-5-19(20)21-11-14-25(15-16-29(21,27)28)22(26)17-7-9-18(10-8-17)24-12-3-4-13-24/h1-10,12-13,21H,11,14-16H2/t21-/m1/s1. The molecule has 3 aromatic rings. The molecule has 1 aliphatic rings. The lowest BCUT2D eigenvalue weighted by Gasteiger charge is -2.20. The Morgan fingerprint density at radius 2 is 1.62 bits per heavy atom. The SMILES string of the molecule is O=C(c1ccc(-n2cccc2)cc1)N1CC[C@H](c2ccccc2F)S(=O)(=O)CC1. The largest absolute Gasteiger partial charge is 0.338 e. The van der Waals surface area contributed by atoms with Crippen LogP contribution in [-0.4, -0.2) is 42.6 Å². The average Bonchev–Trinajstić information content (AvgIpc) is 3.21. The molecular weight excluding hydrogens is 391 g/mol. The molecule has 0 saturated carbocycles. The summed E-state index contributed by atoms with van der Waals surface area (Å²) in [6.07, 6.45) is 4.01. The monoisotopic (exact) mass is 412 g/mol. The van der Waals surface area contributed by atoms with E-state index in [0.29, 0.717) is 5.56 Å². The second-order valence-electron chi connectivity index (χ2n) is 7.10. The number of sulfone groups is 1. The number of hydrogen-bond acceptors (Lipinski definition) is 3. The van der Waals surface area contributed by atoms with Gasteiger partial charge in [0.25, 0.3) is 5.91 Å². The lowest BCUT2D eigenvalue weighted by Crippen LogP contribution is -2.33. The van der Waals surface area contributed by atoms with E-state index in [1.165, 1.54) is 18.2 Å². The summed E-state index contributed by atoms with van der Waals surface area (Å²) in [6.45, 7) is 0.363. The van der Waals surface area contributed by atoms with Gasteiger partial charge in [0.1, 0.15) is 5.82 Å². The first kappa shape index (κ1) is 19.4. The predicted octanol–water partition coefficient (Wildman–Crippen LogP) is 3.62. The van der Waals surface area contributed by atoms with Gasteiger partial charge in [0.05, 0.1) is 11.0 Å². The maximum atomic E-state index is 14.2. The minimum Gasteiger partial charge on any atom is -0.338 e. The number of aromatic nitrogens is 1. The molecule has 29 heavy (non-hydrogen) atoms. The van der Waals surface area contributed by atoms with Crippen LogP contribution in [-0.2, 0) is 9.84 Å². The van der Waals surface area contributed by atoms with Gasteiger partial charge in [0.2, 0.25) is 0 Å². The Bertz CT molecular complexity index is 1110. The maximum absolute atomic E-state index is 14.2. The molecule has 0 unspecified atom stereocenters. The third-order valence-electron chi connectivity index (χ3n) is 5.30. The molecule has 1 amide bonds. The molecule has 4 rings (SSSR count). The molecule has 1 aromatic heterocycles. The van der Waals surface area contributed by atoms with Crippen molar-refractivity contribution in [2.24, 2.45) is 0 Å². The number of carbonyl (C=O) groups excluding carboxylic acids is 1. The fourth-order valence-corrected chi connectivity index (χ4v) is 5.50. The smallest absolute Gasteiger partial charge is 0.253 e. The highest BCUT2D eigenvalue weighted by molar-refractivity contribution is 7.91. The Kier molecular flexibility index (Phi) is 5.24. The van der Waals surface area contributed by atoms with Crippen molar-refractivity contribution in [3.05, 3.63) is 90.0 Å². The van der Waals surface area contributed by atoms with Gasteiger partial charge in [-0.25, -0.2) is 12.8 Å². The van der Waals surface area contributed by atoms with Crippen LogP contribution in [0.15, 0.2) is 73.1 Å². The topological polar surface area (TPSA) is 59.4 Å². The summed E-state index contributed by atoms with van der Waals surface area (Å²) >= 11 is 0. The van der Waals surface area contributed by atoms with Crippen LogP contribution in [0.1, 0.15) is 27.6 Å². The Labute approximate surface area is 169 Å². The van der Waals surface area contributed by atoms with Crippen molar-refractivity contribution in [1.82, 2.24) is 9.47 Å². The molecule has 1 aliphatic heterocycles. The number of halogens is 1. The van der Waals surface area contributed by atoms with Gasteiger partial charge in [0, 0.05) is 42.3 Å². The molecule has 1 atom stereocenters. The van der Waals surface area contributed by atoms with E-state index in [2.05, 4.69) is 0 Å². The number of carbonyl (C=O) groups is 1. The van der Waals surface area contributed by atoms with Gasteiger partial charge in [-0.2, -0.15) is 0 Å². The number of hydrogen-bond donors (Lipinski definition) is 0. The van der Waals surface area contributed by atoms with Crippen LogP contribution in [0.5, 0.6) is 0 Å². The van der Waals surface area contributed by atoms with Crippen molar-refractivity contribution in [3.63, 3.8) is 0 Å². The van der Waals surface area contributed by atoms with Crippen molar-refractivity contribution >= 4 is 15.7 Å². The summed E-state index contributed by atoms with van der Waals surface area (Å²) in [6, 6.07) is 17.0. The molecule has 150 valence electrons. The van der Waals surface area contributed by atoms with Crippen molar-refractivity contribution in [2.45, 2.75) is 11.7 Å². The van der Waals surface area contributed by atoms with Gasteiger partial charge in [-0.05, 0) is 48.9 Å². The fourth-order valence-electron chi connectivity index (χ4n) is 3.70. The molecular formula is C22H21FN2O3S. The van der Waals surface area contributed by atoms with Crippen LogP contribution in [0.2, 0.25) is 0 Å². The minimum atomic E-state index is -3.56. The van der Waals surface area contributed by atoms with E-state index < -0.39 is 20.9 Å². The summed E-state index contributed by atoms with van der Waals surface area (Å²) in [5.74, 6) is -0.922. The van der Waals surface area contributed by atoms with Crippen LogP contribution >= 0.6 is 0 Å². The molecule has 5 nitrogen and oxygen atoms in total. The zero-order chi connectivity index (χ0) is 20.4. The summed E-state index contributed by atoms with van der Waals surface area (Å²) in [7, 11) is -3.56. The summed E-state index contributed by atoms with van der Waals surface area (Å²) in [5, 5.41) is -0.933. The van der Waals surface area contributed by atoms with E-state index >= 15 is 0 Å². The van der Waals surface area contributed by atoms with Crippen molar-refractivity contribution in [3.8, 4) is 5.69 Å². The van der Waals surface area contributed by atoms with Crippen LogP contribution in [0, 0.1) is 5.82 Å². The van der Waals surface area contributed by atoms with Crippen LogP contribution in [0.4, 0.5) is 4.39 Å². The molecule has 0 spiro atoms. The Morgan fingerprint density at radius 3 is 2.31 bits per heavy atom. The third kappa shape index (κ3) is 3.96. The molecule has 0 bridgehead atoms. The van der Waals surface area contributed by atoms with E-state index in [4.69, 9.17) is 0 Å². The Morgan fingerprint density at radius 1 is 0.931 bits per heavy atom. The fraction of sp³-hybridized carbons (Fsp3) is 0.227. The highest BCUT2D eigenvalue weighted by Crippen LogP contribution is 2.31. The molecule has 1 saturated heterocycles. The second-order valence-corrected chi connectivity index (χ2v) is 9.40. The molecule has 0 aliphatic carbocycles. The highest BCUT2D eigenvalue weighted by Gasteiger charge is 2.34. The molecule has 7 heteroatoms. The van der Waals surface area contributed by atoms with Crippen molar-refractivity contribution in [1.29, 1.82) is 0 Å². The first-order valence-electron chi connectivity index (χ1n) is 9.44. The van der Waals surface area contributed by atoms with Crippen LogP contribution in [0.3, 0.4) is 0 Å². The van der Waals surface area contributed by atoms with Crippen LogP contribution in [0.25, 0.3) is 5.69 Å². The Hall–Kier alpha value is -2.93. The van der Waals surface area contributed by atoms with Crippen molar-refractivity contribution < 1.29 is 17.6 Å². The number of amides is 1. The van der Waals surface area contributed by atoms with Gasteiger partial charge in [-0.1, -0.05) is 18.2 Å². The zero-order valence-electron chi connectivity index (χ0n) is 15.7. The van der Waals surface area contributed by atoms with E-state index in [-0.39, 0.29) is 36.7 Å². The van der Waals surface area contributed by atoms with Gasteiger partial charge in [0.15, 0.2) is 9.84 Å². The molecule has 0 N–H and O–H groups in total. The van der Waals surface area contributed by atoms with E-state index in [9.17, 15) is 17.6 Å². The van der Waals surface area contributed by atoms with E-state index in [1.807, 2.05) is 41.2 Å². The maximum Gasteiger partial charge on any atom is 0.253 e. The van der Waals surface area contributed by atoms with E-state index in [1.54, 1.807) is 23.1 Å². The summed E-state index contributed by atoms with van der Waals surface area (Å²) in [5.41, 5.74) is 1.62. The summed E-state index contributed by atoms with van der Waals surface area (Å²) in [4.78, 5) is 14.5. The van der Waals surface area contributed by atoms with Gasteiger partial charge < -0.3 is 9.47 Å². The lowest BCUT2D eigenvalue weighted by molar-refractivity contribution is 0.0766. The zero-order valence-corrected chi connectivity index (χ0v) is 16.6. The van der Waals surface area contributed by atoms with E-state index in [0.717, 1.165) is 5.69 Å². The first-order valence-corrected chi connectivity index (χ1v) is 11.2. The lowest BCUT2D eigenvalue weighted by atomic mass is 10.1. The molecule has 0 radical (unpaired) electrons. The normalized spacial score (nSPS) is 18.9. The Balaban J connectivity index is 1.53. The van der Waals surface area contributed by atoms with Crippen molar-refractivity contribution in [2.75, 3.05) is 18.8 Å². The minimum absolute atomic E-state index is 0.103. The molecule has 2 aromatic carbocycles. The number of nitrogens with zero attached hydrogens (tertiary/aromatic N) is 2. The molecule has 2 heterocycles. The first-order chi connectivity index (χ1) is 14.0.